The number of benzene rings is 2. The first-order chi connectivity index (χ1) is 16.9. The number of nitrogens with one attached hydrogen (secondary N) is 2. The minimum atomic E-state index is -0.651. The third kappa shape index (κ3) is 5.54. The molecule has 2 aromatic carbocycles. The zero-order chi connectivity index (χ0) is 24.9. The molecule has 4 rings (SSSR count). The molecule has 2 N–H and O–H groups in total. The summed E-state index contributed by atoms with van der Waals surface area (Å²) in [6, 6.07) is 13.2. The van der Waals surface area contributed by atoms with Crippen molar-refractivity contribution in [3.05, 3.63) is 64.1 Å². The lowest BCUT2D eigenvalue weighted by Crippen LogP contribution is -2.53. The second-order valence-corrected chi connectivity index (χ2v) is 9.23. The predicted octanol–water partition coefficient (Wildman–Crippen LogP) is 4.90. The number of anilines is 1. The maximum atomic E-state index is 13.3. The number of halogens is 2. The van der Waals surface area contributed by atoms with Crippen molar-refractivity contribution in [2.24, 2.45) is 5.92 Å². The molecule has 0 spiro atoms. The molecule has 2 aromatic rings. The van der Waals surface area contributed by atoms with Crippen molar-refractivity contribution in [3.8, 4) is 0 Å². The molecule has 35 heavy (non-hydrogen) atoms. The molecule has 1 saturated heterocycles. The van der Waals surface area contributed by atoms with E-state index in [1.807, 2.05) is 37.3 Å². The minimum Gasteiger partial charge on any atom is -0.461 e. The van der Waals surface area contributed by atoms with Crippen LogP contribution in [0.5, 0.6) is 0 Å². The van der Waals surface area contributed by atoms with Gasteiger partial charge in [0.2, 0.25) is 0 Å². The van der Waals surface area contributed by atoms with Crippen LogP contribution in [0.15, 0.2) is 48.5 Å². The van der Waals surface area contributed by atoms with Crippen molar-refractivity contribution >= 4 is 46.9 Å². The fourth-order valence-corrected chi connectivity index (χ4v) is 4.99. The number of hydrogen-bond acceptors (Lipinski definition) is 6. The Labute approximate surface area is 213 Å². The van der Waals surface area contributed by atoms with E-state index in [1.165, 1.54) is 0 Å². The number of esters is 1. The number of amides is 4. The highest BCUT2D eigenvalue weighted by molar-refractivity contribution is 6.40. The molecule has 1 aliphatic heterocycles. The summed E-state index contributed by atoms with van der Waals surface area (Å²) in [7, 11) is 0. The summed E-state index contributed by atoms with van der Waals surface area (Å²) < 4.78 is 5.49. The number of ether oxygens (including phenoxy) is 1. The van der Waals surface area contributed by atoms with E-state index in [4.69, 9.17) is 27.9 Å². The van der Waals surface area contributed by atoms with Crippen LogP contribution in [0.25, 0.3) is 0 Å². The Kier molecular flexibility index (Phi) is 8.12. The van der Waals surface area contributed by atoms with Gasteiger partial charge in [-0.1, -0.05) is 59.6 Å². The van der Waals surface area contributed by atoms with E-state index in [-0.39, 0.29) is 40.3 Å². The van der Waals surface area contributed by atoms with Gasteiger partial charge in [-0.25, -0.2) is 14.6 Å². The fourth-order valence-electron chi connectivity index (χ4n) is 4.43. The normalized spacial score (nSPS) is 20.1. The molecule has 0 atom stereocenters. The van der Waals surface area contributed by atoms with Crippen molar-refractivity contribution < 1.29 is 19.1 Å². The Bertz CT molecular complexity index is 1060. The zero-order valence-electron chi connectivity index (χ0n) is 19.2. The van der Waals surface area contributed by atoms with Crippen molar-refractivity contribution in [1.29, 1.82) is 0 Å². The average molecular weight is 520 g/mol. The van der Waals surface area contributed by atoms with Crippen molar-refractivity contribution in [1.82, 2.24) is 21.0 Å². The molecule has 0 bridgehead atoms. The van der Waals surface area contributed by atoms with E-state index in [1.54, 1.807) is 23.1 Å². The van der Waals surface area contributed by atoms with Gasteiger partial charge in [-0.3, -0.25) is 4.79 Å². The smallest absolute Gasteiger partial charge is 0.364 e. The van der Waals surface area contributed by atoms with Gasteiger partial charge in [0.25, 0.3) is 0 Å². The van der Waals surface area contributed by atoms with E-state index in [0.717, 1.165) is 15.6 Å². The molecule has 2 aliphatic rings. The number of rotatable bonds is 6. The van der Waals surface area contributed by atoms with Crippen LogP contribution < -0.4 is 16.1 Å². The third-order valence-corrected chi connectivity index (χ3v) is 6.90. The molecule has 4 amide bonds. The molecule has 0 unspecified atom stereocenters. The maximum Gasteiger partial charge on any atom is 0.364 e. The summed E-state index contributed by atoms with van der Waals surface area (Å²) in [5, 5.41) is 2.51. The largest absolute Gasteiger partial charge is 0.461 e. The molecular weight excluding hydrogens is 493 g/mol. The number of hydrazine groups is 3. The quantitative estimate of drug-likeness (QED) is 0.527. The SMILES string of the molecule is CCN(C(=O)N1NNN(c2c(Cl)cccc2Cl)C1=O)C1CCC(C(=O)OCc2ccccc2)CC1. The standard InChI is InChI=1S/C24H27Cl2N5O4/c1-2-29(18-13-11-17(12-14-18)22(32)35-15-16-7-4-3-5-8-16)23(33)31-24(34)30(27-28-31)21-19(25)9-6-10-20(21)26/h3-10,17-18,27-28H,2,11-15H2,1H3. The lowest BCUT2D eigenvalue weighted by atomic mass is 9.85. The predicted molar refractivity (Wildman–Crippen MR) is 132 cm³/mol. The van der Waals surface area contributed by atoms with Gasteiger partial charge >= 0.3 is 18.0 Å². The molecule has 9 nitrogen and oxygen atoms in total. The second kappa shape index (κ2) is 11.3. The van der Waals surface area contributed by atoms with Crippen LogP contribution in [0.3, 0.4) is 0 Å². The van der Waals surface area contributed by atoms with Crippen LogP contribution in [-0.4, -0.2) is 40.5 Å². The first-order valence-electron chi connectivity index (χ1n) is 11.5. The first kappa shape index (κ1) is 25.2. The van der Waals surface area contributed by atoms with Crippen LogP contribution in [0.1, 0.15) is 38.2 Å². The number of urea groups is 2. The lowest BCUT2D eigenvalue weighted by molar-refractivity contribution is -0.151. The molecule has 0 radical (unpaired) electrons. The van der Waals surface area contributed by atoms with Gasteiger partial charge in [0, 0.05) is 12.6 Å². The molecule has 11 heteroatoms. The Morgan fingerprint density at radius 2 is 1.66 bits per heavy atom. The summed E-state index contributed by atoms with van der Waals surface area (Å²) in [5.74, 6) is -0.413. The zero-order valence-corrected chi connectivity index (χ0v) is 20.8. The van der Waals surface area contributed by atoms with E-state index in [2.05, 4.69) is 11.1 Å². The van der Waals surface area contributed by atoms with Gasteiger partial charge in [0.15, 0.2) is 0 Å². The first-order valence-corrected chi connectivity index (χ1v) is 12.3. The average Bonchev–Trinajstić information content (AvgIpc) is 3.24. The van der Waals surface area contributed by atoms with Gasteiger partial charge in [-0.2, -0.15) is 5.01 Å². The Morgan fingerprint density at radius 3 is 2.29 bits per heavy atom. The Morgan fingerprint density at radius 1 is 1.00 bits per heavy atom. The molecule has 1 aliphatic carbocycles. The number of imide groups is 1. The van der Waals surface area contributed by atoms with Crippen LogP contribution in [0.4, 0.5) is 15.3 Å². The van der Waals surface area contributed by atoms with Crippen molar-refractivity contribution in [2.75, 3.05) is 11.6 Å². The lowest BCUT2D eigenvalue weighted by Gasteiger charge is -2.36. The molecule has 0 aromatic heterocycles. The highest BCUT2D eigenvalue weighted by Gasteiger charge is 2.41. The minimum absolute atomic E-state index is 0.0989. The molecule has 1 heterocycles. The Balaban J connectivity index is 1.33. The summed E-state index contributed by atoms with van der Waals surface area (Å²) in [4.78, 5) is 40.4. The number of para-hydroxylation sites is 1. The summed E-state index contributed by atoms with van der Waals surface area (Å²) in [6.07, 6.45) is 2.51. The van der Waals surface area contributed by atoms with Crippen LogP contribution in [0, 0.1) is 5.92 Å². The van der Waals surface area contributed by atoms with Crippen LogP contribution in [-0.2, 0) is 16.1 Å². The van der Waals surface area contributed by atoms with E-state index < -0.39 is 12.1 Å². The van der Waals surface area contributed by atoms with Crippen molar-refractivity contribution in [3.63, 3.8) is 0 Å². The number of carbonyl (C=O) groups excluding carboxylic acids is 3. The van der Waals surface area contributed by atoms with E-state index in [9.17, 15) is 14.4 Å². The summed E-state index contributed by atoms with van der Waals surface area (Å²) in [5.41, 5.74) is 6.44. The number of hydrogen-bond donors (Lipinski definition) is 2. The van der Waals surface area contributed by atoms with Gasteiger partial charge in [0.05, 0.1) is 16.0 Å². The topological polar surface area (TPSA) is 94.2 Å². The monoisotopic (exact) mass is 519 g/mol. The summed E-state index contributed by atoms with van der Waals surface area (Å²) in [6.45, 7) is 2.51. The van der Waals surface area contributed by atoms with Crippen LogP contribution >= 0.6 is 23.2 Å². The number of nitrogens with zero attached hydrogens (tertiary/aromatic N) is 3. The fraction of sp³-hybridized carbons (Fsp3) is 0.375. The maximum absolute atomic E-state index is 13.3. The van der Waals surface area contributed by atoms with Crippen molar-refractivity contribution in [2.45, 2.75) is 45.3 Å². The van der Waals surface area contributed by atoms with E-state index >= 15 is 0 Å². The number of carbonyl (C=O) groups is 3. The van der Waals surface area contributed by atoms with E-state index in [0.29, 0.717) is 32.2 Å². The summed E-state index contributed by atoms with van der Waals surface area (Å²) >= 11 is 12.4. The molecular formula is C24H27Cl2N5O4. The second-order valence-electron chi connectivity index (χ2n) is 8.41. The van der Waals surface area contributed by atoms with Gasteiger partial charge in [0.1, 0.15) is 12.3 Å². The molecule has 2 fully saturated rings. The molecule has 1 saturated carbocycles. The molecule has 186 valence electrons. The van der Waals surface area contributed by atoms with Crippen LogP contribution in [0.2, 0.25) is 10.0 Å². The van der Waals surface area contributed by atoms with Gasteiger partial charge < -0.3 is 9.64 Å². The van der Waals surface area contributed by atoms with Gasteiger partial charge in [-0.05, 0) is 50.3 Å². The Hall–Kier alpha value is -2.85. The highest BCUT2D eigenvalue weighted by atomic mass is 35.5. The highest BCUT2D eigenvalue weighted by Crippen LogP contribution is 2.34. The third-order valence-electron chi connectivity index (χ3n) is 6.29. The van der Waals surface area contributed by atoms with Gasteiger partial charge in [-0.15, -0.1) is 11.1 Å².